The van der Waals surface area contributed by atoms with Crippen LogP contribution < -0.4 is 0 Å². The van der Waals surface area contributed by atoms with Crippen molar-refractivity contribution in [1.82, 2.24) is 18.7 Å². The number of fused-ring (bicyclic) bond motifs is 7. The Morgan fingerprint density at radius 1 is 0.404 bits per heavy atom. The molecule has 47 heavy (non-hydrogen) atoms. The van der Waals surface area contributed by atoms with Gasteiger partial charge in [-0.2, -0.15) is 0 Å². The zero-order valence-electron chi connectivity index (χ0n) is 25.5. The Labute approximate surface area is 271 Å². The molecule has 0 unspecified atom stereocenters. The first-order chi connectivity index (χ1) is 23.3. The quantitative estimate of drug-likeness (QED) is 0.197. The summed E-state index contributed by atoms with van der Waals surface area (Å²) in [5.74, 6) is 0.932. The topological polar surface area (TPSA) is 27.7 Å². The van der Waals surface area contributed by atoms with Crippen LogP contribution >= 0.6 is 0 Å². The summed E-state index contributed by atoms with van der Waals surface area (Å²) in [6.45, 7) is 0. The molecule has 0 aliphatic rings. The van der Waals surface area contributed by atoms with E-state index >= 15 is 0 Å². The highest BCUT2D eigenvalue weighted by atomic mass is 15.1. The maximum atomic E-state index is 5.10. The lowest BCUT2D eigenvalue weighted by Crippen LogP contribution is -1.98. The summed E-state index contributed by atoms with van der Waals surface area (Å²) in [7, 11) is 0. The van der Waals surface area contributed by atoms with E-state index in [0.29, 0.717) is 0 Å². The first kappa shape index (κ1) is 25.9. The van der Waals surface area contributed by atoms with Gasteiger partial charge in [0.25, 0.3) is 0 Å². The van der Waals surface area contributed by atoms with Gasteiger partial charge in [0.2, 0.25) is 0 Å². The van der Waals surface area contributed by atoms with Crippen LogP contribution in [0.4, 0.5) is 0 Å². The third-order valence-electron chi connectivity index (χ3n) is 9.45. The van der Waals surface area contributed by atoms with Crippen molar-refractivity contribution in [3.63, 3.8) is 0 Å². The number of nitrogens with zero attached hydrogens (tertiary/aromatic N) is 4. The molecule has 0 saturated heterocycles. The molecule has 0 atom stereocenters. The number of aromatic nitrogens is 4. The maximum absolute atomic E-state index is 5.10. The van der Waals surface area contributed by atoms with Gasteiger partial charge in [0.1, 0.15) is 5.82 Å². The molecular formula is C43H28N4. The summed E-state index contributed by atoms with van der Waals surface area (Å²) >= 11 is 0. The smallest absolute Gasteiger partial charge is 0.145 e. The van der Waals surface area contributed by atoms with Gasteiger partial charge in [0.15, 0.2) is 0 Å². The zero-order chi connectivity index (χ0) is 30.9. The van der Waals surface area contributed by atoms with Crippen LogP contribution in [0.1, 0.15) is 0 Å². The molecule has 0 radical (unpaired) electrons. The van der Waals surface area contributed by atoms with E-state index in [4.69, 9.17) is 4.98 Å². The minimum Gasteiger partial charge on any atom is -0.317 e. The molecule has 0 N–H and O–H groups in total. The molecule has 7 aromatic carbocycles. The lowest BCUT2D eigenvalue weighted by molar-refractivity contribution is 1.10. The first-order valence-corrected chi connectivity index (χ1v) is 16.0. The minimum atomic E-state index is 0.932. The van der Waals surface area contributed by atoms with Crippen molar-refractivity contribution in [3.05, 3.63) is 170 Å². The van der Waals surface area contributed by atoms with E-state index in [-0.39, 0.29) is 0 Å². The van der Waals surface area contributed by atoms with E-state index < -0.39 is 0 Å². The second kappa shape index (κ2) is 10.1. The monoisotopic (exact) mass is 600 g/mol. The summed E-state index contributed by atoms with van der Waals surface area (Å²) in [6, 6.07) is 58.5. The zero-order valence-corrected chi connectivity index (χ0v) is 25.5. The number of para-hydroxylation sites is 5. The number of imidazole rings is 1. The van der Waals surface area contributed by atoms with E-state index in [0.717, 1.165) is 39.5 Å². The van der Waals surface area contributed by atoms with Gasteiger partial charge in [-0.25, -0.2) is 4.98 Å². The fraction of sp³-hybridized carbons (Fsp3) is 0. The largest absolute Gasteiger partial charge is 0.317 e. The third kappa shape index (κ3) is 3.92. The minimum absolute atomic E-state index is 0.932. The molecule has 10 aromatic rings. The molecule has 10 rings (SSSR count). The van der Waals surface area contributed by atoms with Gasteiger partial charge in [-0.3, -0.25) is 4.57 Å². The molecule has 0 saturated carbocycles. The average Bonchev–Trinajstić information content (AvgIpc) is 3.83. The summed E-state index contributed by atoms with van der Waals surface area (Å²) in [4.78, 5) is 5.10. The van der Waals surface area contributed by atoms with Gasteiger partial charge in [-0.05, 0) is 90.3 Å². The van der Waals surface area contributed by atoms with E-state index in [1.807, 2.05) is 0 Å². The van der Waals surface area contributed by atoms with E-state index in [1.165, 1.54) is 43.5 Å². The molecule has 3 aromatic heterocycles. The molecule has 0 fully saturated rings. The van der Waals surface area contributed by atoms with Crippen LogP contribution in [-0.4, -0.2) is 18.7 Å². The first-order valence-electron chi connectivity index (χ1n) is 16.0. The molecule has 0 spiro atoms. The predicted molar refractivity (Wildman–Crippen MR) is 195 cm³/mol. The predicted octanol–water partition coefficient (Wildman–Crippen LogP) is 10.9. The third-order valence-corrected chi connectivity index (χ3v) is 9.45. The maximum Gasteiger partial charge on any atom is 0.145 e. The van der Waals surface area contributed by atoms with Crippen molar-refractivity contribution in [2.24, 2.45) is 0 Å². The molecule has 220 valence electrons. The van der Waals surface area contributed by atoms with Gasteiger partial charge < -0.3 is 9.13 Å². The fourth-order valence-electron chi connectivity index (χ4n) is 7.31. The summed E-state index contributed by atoms with van der Waals surface area (Å²) in [6.07, 6.45) is 2.17. The highest BCUT2D eigenvalue weighted by Gasteiger charge is 2.18. The van der Waals surface area contributed by atoms with Gasteiger partial charge in [-0.15, -0.1) is 0 Å². The molecule has 0 aliphatic heterocycles. The Morgan fingerprint density at radius 3 is 1.89 bits per heavy atom. The van der Waals surface area contributed by atoms with Gasteiger partial charge in [-0.1, -0.05) is 78.9 Å². The summed E-state index contributed by atoms with van der Waals surface area (Å²) in [5.41, 5.74) is 10.2. The highest BCUT2D eigenvalue weighted by molar-refractivity contribution is 6.20. The Morgan fingerprint density at radius 2 is 1.09 bits per heavy atom. The molecule has 3 heterocycles. The van der Waals surface area contributed by atoms with Crippen molar-refractivity contribution >= 4 is 54.5 Å². The molecule has 4 nitrogen and oxygen atoms in total. The normalized spacial score (nSPS) is 11.8. The van der Waals surface area contributed by atoms with Gasteiger partial charge >= 0.3 is 0 Å². The lowest BCUT2D eigenvalue weighted by Gasteiger charge is -2.13. The van der Waals surface area contributed by atoms with Crippen LogP contribution in [0.3, 0.4) is 0 Å². The Bertz CT molecular complexity index is 2760. The Kier molecular flexibility index (Phi) is 5.54. The lowest BCUT2D eigenvalue weighted by atomic mass is 10.0. The number of benzene rings is 7. The van der Waals surface area contributed by atoms with Crippen LogP contribution in [0.15, 0.2) is 170 Å². The van der Waals surface area contributed by atoms with Crippen molar-refractivity contribution < 1.29 is 0 Å². The Balaban J connectivity index is 1.18. The van der Waals surface area contributed by atoms with Crippen molar-refractivity contribution in [2.45, 2.75) is 0 Å². The van der Waals surface area contributed by atoms with Crippen LogP contribution in [-0.2, 0) is 0 Å². The second-order valence-electron chi connectivity index (χ2n) is 12.1. The van der Waals surface area contributed by atoms with Crippen LogP contribution in [0.25, 0.3) is 83.0 Å². The number of rotatable bonds is 4. The number of hydrogen-bond donors (Lipinski definition) is 0. The van der Waals surface area contributed by atoms with Crippen LogP contribution in [0.2, 0.25) is 0 Å². The molecule has 4 heteroatoms. The second-order valence-corrected chi connectivity index (χ2v) is 12.1. The standard InChI is InChI=1S/C43H28N4/c1-3-11-32(12-4-1)45-26-25-31-27-37-30(28-41(31)45)21-24-36-35-15-7-9-17-39(35)46(42(36)37)34-22-19-29(20-23-34)43-44-38-16-8-10-18-40(38)47(43)33-13-5-2-6-14-33/h1-28H. The SMILES string of the molecule is c1ccc(-n2ccc3cc4c(ccc5c6ccccc6n(-c6ccc(-c7nc8ccccc8n7-c7ccccc7)cc6)c45)cc32)cc1. The summed E-state index contributed by atoms with van der Waals surface area (Å²) in [5, 5.41) is 6.19. The molecular weight excluding hydrogens is 573 g/mol. The average molecular weight is 601 g/mol. The van der Waals surface area contributed by atoms with E-state index in [1.54, 1.807) is 0 Å². The summed E-state index contributed by atoms with van der Waals surface area (Å²) < 4.78 is 6.96. The fourth-order valence-corrected chi connectivity index (χ4v) is 7.31. The molecule has 0 aliphatic carbocycles. The van der Waals surface area contributed by atoms with Crippen molar-refractivity contribution in [2.75, 3.05) is 0 Å². The van der Waals surface area contributed by atoms with E-state index in [2.05, 4.69) is 184 Å². The van der Waals surface area contributed by atoms with Gasteiger partial charge in [0, 0.05) is 50.4 Å². The van der Waals surface area contributed by atoms with E-state index in [9.17, 15) is 0 Å². The van der Waals surface area contributed by atoms with Crippen molar-refractivity contribution in [3.8, 4) is 28.5 Å². The molecule has 0 bridgehead atoms. The van der Waals surface area contributed by atoms with Crippen LogP contribution in [0.5, 0.6) is 0 Å². The highest BCUT2D eigenvalue weighted by Crippen LogP contribution is 2.39. The van der Waals surface area contributed by atoms with Crippen molar-refractivity contribution in [1.29, 1.82) is 0 Å². The molecule has 0 amide bonds. The van der Waals surface area contributed by atoms with Gasteiger partial charge in [0.05, 0.1) is 27.6 Å². The number of hydrogen-bond acceptors (Lipinski definition) is 1. The van der Waals surface area contributed by atoms with Crippen LogP contribution in [0, 0.1) is 0 Å². The Hall–Kier alpha value is -6.39.